The van der Waals surface area contributed by atoms with Gasteiger partial charge in [0.05, 0.1) is 24.3 Å². The van der Waals surface area contributed by atoms with Gasteiger partial charge >= 0.3 is 41.5 Å². The van der Waals surface area contributed by atoms with Crippen LogP contribution in [0.2, 0.25) is 0 Å². The van der Waals surface area contributed by atoms with Crippen LogP contribution in [0.25, 0.3) is 0 Å². The number of rotatable bonds is 2. The Labute approximate surface area is 140 Å². The van der Waals surface area contributed by atoms with Crippen molar-refractivity contribution in [2.24, 2.45) is 0 Å². The van der Waals surface area contributed by atoms with Gasteiger partial charge in [0.1, 0.15) is 0 Å². The number of carboxylic acids is 2. The molecule has 0 spiro atoms. The number of nitrogens with one attached hydrogen (secondary N) is 1. The van der Waals surface area contributed by atoms with E-state index in [4.69, 9.17) is 14.9 Å². The van der Waals surface area contributed by atoms with Gasteiger partial charge < -0.3 is 27.2 Å². The summed E-state index contributed by atoms with van der Waals surface area (Å²) < 4.78 is 5.01. The number of ether oxygens (including phenoxy) is 1. The first kappa shape index (κ1) is 21.3. The number of hydrogen-bond donors (Lipinski definition) is 3. The van der Waals surface area contributed by atoms with Crippen molar-refractivity contribution in [1.82, 2.24) is 5.32 Å². The summed E-state index contributed by atoms with van der Waals surface area (Å²) in [6.45, 7) is 3.83. The van der Waals surface area contributed by atoms with Crippen LogP contribution in [-0.2, 0) is 4.74 Å². The fourth-order valence-electron chi connectivity index (χ4n) is 1.30. The first-order chi connectivity index (χ1) is 8.61. The maximum absolute atomic E-state index is 10.4. The average molecular weight is 295 g/mol. The first-order valence-corrected chi connectivity index (χ1v) is 5.46. The molecule has 0 unspecified atom stereocenters. The van der Waals surface area contributed by atoms with Gasteiger partial charge in [-0.25, -0.2) is 9.59 Å². The van der Waals surface area contributed by atoms with E-state index < -0.39 is 11.9 Å². The average Bonchev–Trinajstić information content (AvgIpc) is 2.41. The SMILES string of the molecule is C1COCCN1.O.O=C(O)c1cccc(C(=O)O)c1.[H-].[Na+]. The van der Waals surface area contributed by atoms with Crippen molar-refractivity contribution >= 4 is 11.9 Å². The van der Waals surface area contributed by atoms with E-state index in [0.29, 0.717) is 0 Å². The van der Waals surface area contributed by atoms with Crippen molar-refractivity contribution in [1.29, 1.82) is 0 Å². The van der Waals surface area contributed by atoms with E-state index in [-0.39, 0.29) is 47.6 Å². The molecule has 7 nitrogen and oxygen atoms in total. The monoisotopic (exact) mass is 295 g/mol. The molecule has 8 heteroatoms. The second-order valence-corrected chi connectivity index (χ2v) is 3.55. The largest absolute Gasteiger partial charge is 1.00 e. The van der Waals surface area contributed by atoms with Crippen LogP contribution in [0.15, 0.2) is 24.3 Å². The molecule has 2 rings (SSSR count). The summed E-state index contributed by atoms with van der Waals surface area (Å²) in [6, 6.07) is 5.20. The third kappa shape index (κ3) is 8.26. The fraction of sp³-hybridized carbons (Fsp3) is 0.333. The van der Waals surface area contributed by atoms with E-state index in [2.05, 4.69) is 5.32 Å². The predicted octanol–water partition coefficient (Wildman–Crippen LogP) is -3.02. The van der Waals surface area contributed by atoms with Crippen LogP contribution in [-0.4, -0.2) is 53.9 Å². The minimum absolute atomic E-state index is 0. The molecule has 1 heterocycles. The fourth-order valence-corrected chi connectivity index (χ4v) is 1.30. The third-order valence-corrected chi connectivity index (χ3v) is 2.20. The van der Waals surface area contributed by atoms with E-state index in [0.717, 1.165) is 32.4 Å². The van der Waals surface area contributed by atoms with E-state index in [1.807, 2.05) is 0 Å². The topological polar surface area (TPSA) is 127 Å². The van der Waals surface area contributed by atoms with Crippen molar-refractivity contribution < 1.29 is 61.0 Å². The van der Waals surface area contributed by atoms with Crippen molar-refractivity contribution in [3.05, 3.63) is 35.4 Å². The summed E-state index contributed by atoms with van der Waals surface area (Å²) >= 11 is 0. The zero-order chi connectivity index (χ0) is 13.4. The summed E-state index contributed by atoms with van der Waals surface area (Å²) in [7, 11) is 0. The second kappa shape index (κ2) is 11.8. The zero-order valence-corrected chi connectivity index (χ0v) is 13.3. The van der Waals surface area contributed by atoms with E-state index in [1.165, 1.54) is 18.2 Å². The normalized spacial score (nSPS) is 12.8. The molecule has 1 aliphatic rings. The van der Waals surface area contributed by atoms with E-state index in [9.17, 15) is 9.59 Å². The number of carbonyl (C=O) groups is 2. The van der Waals surface area contributed by atoms with Gasteiger partial charge in [0, 0.05) is 13.1 Å². The molecule has 0 bridgehead atoms. The number of morpholine rings is 1. The van der Waals surface area contributed by atoms with Crippen LogP contribution in [0.1, 0.15) is 22.1 Å². The molecule has 108 valence electrons. The Kier molecular flexibility index (Phi) is 12.6. The van der Waals surface area contributed by atoms with Gasteiger partial charge in [-0.2, -0.15) is 0 Å². The van der Waals surface area contributed by atoms with E-state index in [1.54, 1.807) is 0 Å². The molecule has 1 aromatic rings. The van der Waals surface area contributed by atoms with Gasteiger partial charge in [-0.05, 0) is 18.2 Å². The van der Waals surface area contributed by atoms with Gasteiger partial charge in [-0.3, -0.25) is 0 Å². The molecule has 1 fully saturated rings. The summed E-state index contributed by atoms with van der Waals surface area (Å²) in [6.07, 6.45) is 0. The van der Waals surface area contributed by atoms with E-state index >= 15 is 0 Å². The number of aromatic carboxylic acids is 2. The molecule has 1 saturated heterocycles. The van der Waals surface area contributed by atoms with Crippen LogP contribution in [0.4, 0.5) is 0 Å². The molecule has 0 radical (unpaired) electrons. The Morgan fingerprint density at radius 1 is 1.10 bits per heavy atom. The number of carboxylic acid groups (broad SMARTS) is 2. The predicted molar refractivity (Wildman–Crippen MR) is 68.8 cm³/mol. The minimum atomic E-state index is -1.13. The first-order valence-electron chi connectivity index (χ1n) is 5.46. The summed E-state index contributed by atoms with van der Waals surface area (Å²) in [4.78, 5) is 20.8. The number of benzene rings is 1. The maximum atomic E-state index is 10.4. The molecule has 20 heavy (non-hydrogen) atoms. The third-order valence-electron chi connectivity index (χ3n) is 2.20. The van der Waals surface area contributed by atoms with Gasteiger partial charge in [0.25, 0.3) is 0 Å². The van der Waals surface area contributed by atoms with Gasteiger partial charge in [0.2, 0.25) is 0 Å². The molecular weight excluding hydrogens is 277 g/mol. The quantitative estimate of drug-likeness (QED) is 0.498. The standard InChI is InChI=1S/C8H6O4.C4H9NO.Na.H2O.H/c9-7(10)5-2-1-3-6(4-5)8(11)12;1-3-6-4-2-5-1;;;/h1-4H,(H,9,10)(H,11,12);5H,1-4H2;;1H2;/q;;+1;;-1. The molecule has 0 aromatic heterocycles. The van der Waals surface area contributed by atoms with Crippen LogP contribution >= 0.6 is 0 Å². The second-order valence-electron chi connectivity index (χ2n) is 3.55. The molecular formula is C12H18NNaO6. The number of hydrogen-bond acceptors (Lipinski definition) is 4. The van der Waals surface area contributed by atoms with Gasteiger partial charge in [-0.1, -0.05) is 6.07 Å². The Morgan fingerprint density at radius 3 is 1.80 bits per heavy atom. The smallest absolute Gasteiger partial charge is 1.00 e. The van der Waals surface area contributed by atoms with Crippen molar-refractivity contribution in [2.45, 2.75) is 0 Å². The van der Waals surface area contributed by atoms with Crippen LogP contribution in [0.3, 0.4) is 0 Å². The van der Waals surface area contributed by atoms with Crippen LogP contribution in [0, 0.1) is 0 Å². The molecule has 1 aromatic carbocycles. The molecule has 0 amide bonds. The summed E-state index contributed by atoms with van der Waals surface area (Å²) in [5.74, 6) is -2.25. The van der Waals surface area contributed by atoms with Crippen molar-refractivity contribution in [3.63, 3.8) is 0 Å². The Hall–Kier alpha value is -0.960. The van der Waals surface area contributed by atoms with Crippen LogP contribution in [0.5, 0.6) is 0 Å². The maximum Gasteiger partial charge on any atom is 1.00 e. The molecule has 5 N–H and O–H groups in total. The van der Waals surface area contributed by atoms with Gasteiger partial charge in [-0.15, -0.1) is 0 Å². The van der Waals surface area contributed by atoms with Crippen molar-refractivity contribution in [2.75, 3.05) is 26.3 Å². The summed E-state index contributed by atoms with van der Waals surface area (Å²) in [5.41, 5.74) is -0.0372. The van der Waals surface area contributed by atoms with Crippen molar-refractivity contribution in [3.8, 4) is 0 Å². The molecule has 0 saturated carbocycles. The zero-order valence-electron chi connectivity index (χ0n) is 12.3. The Bertz CT molecular complexity index is 387. The van der Waals surface area contributed by atoms with Gasteiger partial charge in [0.15, 0.2) is 0 Å². The molecule has 0 atom stereocenters. The summed E-state index contributed by atoms with van der Waals surface area (Å²) in [5, 5.41) is 20.2. The minimum Gasteiger partial charge on any atom is -1.00 e. The molecule has 0 aliphatic carbocycles. The Morgan fingerprint density at radius 2 is 1.55 bits per heavy atom. The molecule has 1 aliphatic heterocycles. The Balaban J connectivity index is -0.000000312. The van der Waals surface area contributed by atoms with Crippen LogP contribution < -0.4 is 34.9 Å².